The van der Waals surface area contributed by atoms with Crippen molar-refractivity contribution in [3.63, 3.8) is 0 Å². The van der Waals surface area contributed by atoms with E-state index in [4.69, 9.17) is 13.9 Å². The number of benzene rings is 1. The summed E-state index contributed by atoms with van der Waals surface area (Å²) in [7, 11) is 3.50. The van der Waals surface area contributed by atoms with Gasteiger partial charge in [0.15, 0.2) is 0 Å². The lowest BCUT2D eigenvalue weighted by Gasteiger charge is -2.06. The minimum absolute atomic E-state index is 0.0955. The lowest BCUT2D eigenvalue weighted by molar-refractivity contribution is 0.0525. The summed E-state index contributed by atoms with van der Waals surface area (Å²) in [6, 6.07) is 5.75. The van der Waals surface area contributed by atoms with Crippen LogP contribution in [-0.2, 0) is 4.74 Å². The number of furan rings is 1. The number of carbonyl (C=O) groups is 1. The van der Waals surface area contributed by atoms with Gasteiger partial charge in [0.1, 0.15) is 17.8 Å². The third-order valence-electron chi connectivity index (χ3n) is 3.69. The normalized spacial score (nSPS) is 11.3. The summed E-state index contributed by atoms with van der Waals surface area (Å²) in [5, 5.41) is 3.02. The van der Waals surface area contributed by atoms with E-state index in [1.807, 2.05) is 40.0 Å². The summed E-state index contributed by atoms with van der Waals surface area (Å²) < 4.78 is 15.2. The van der Waals surface area contributed by atoms with Crippen molar-refractivity contribution >= 4 is 18.6 Å². The molecule has 0 aliphatic carbocycles. The van der Waals surface area contributed by atoms with Crippen molar-refractivity contribution in [3.8, 4) is 5.75 Å². The first kappa shape index (κ1) is 21.1. The second-order valence-corrected chi connectivity index (χ2v) is 6.03. The third kappa shape index (κ3) is 6.14. The zero-order chi connectivity index (χ0) is 19.0. The van der Waals surface area contributed by atoms with Gasteiger partial charge < -0.3 is 19.2 Å². The Labute approximate surface area is 155 Å². The largest absolute Gasteiger partial charge is 0.497 e. The van der Waals surface area contributed by atoms with E-state index < -0.39 is 0 Å². The van der Waals surface area contributed by atoms with Crippen LogP contribution in [0.4, 0.5) is 0 Å². The lowest BCUT2D eigenvalue weighted by atomic mass is 10.1. The van der Waals surface area contributed by atoms with Gasteiger partial charge in [0.25, 0.3) is 0 Å². The average Bonchev–Trinajstić information content (AvgIpc) is 3.09. The Hall–Kier alpha value is -1.92. The molecule has 0 saturated heterocycles. The van der Waals surface area contributed by atoms with E-state index in [2.05, 4.69) is 17.9 Å². The summed E-state index contributed by atoms with van der Waals surface area (Å²) in [5.41, 5.74) is 2.78. The van der Waals surface area contributed by atoms with Gasteiger partial charge in [-0.3, -0.25) is 0 Å². The van der Waals surface area contributed by atoms with Gasteiger partial charge in [-0.15, -0.1) is 12.6 Å². The Morgan fingerprint density at radius 3 is 2.36 bits per heavy atom. The zero-order valence-corrected chi connectivity index (χ0v) is 16.6. The summed E-state index contributed by atoms with van der Waals surface area (Å²) in [5.74, 6) is 1.29. The topological polar surface area (TPSA) is 60.7 Å². The molecule has 0 fully saturated rings. The predicted octanol–water partition coefficient (Wildman–Crippen LogP) is 4.34. The van der Waals surface area contributed by atoms with Crippen LogP contribution in [-0.4, -0.2) is 26.7 Å². The highest BCUT2D eigenvalue weighted by Gasteiger charge is 2.13. The van der Waals surface area contributed by atoms with Crippen molar-refractivity contribution in [2.24, 2.45) is 0 Å². The summed E-state index contributed by atoms with van der Waals surface area (Å²) in [6.07, 6.45) is 1.42. The molecule has 0 aliphatic rings. The minimum atomic E-state index is -0.342. The number of hydrogen-bond acceptors (Lipinski definition) is 6. The maximum Gasteiger partial charge on any atom is 0.341 e. The Kier molecular flexibility index (Phi) is 8.58. The molecule has 2 rings (SSSR count). The second kappa shape index (κ2) is 10.2. The molecule has 0 bridgehead atoms. The van der Waals surface area contributed by atoms with Crippen molar-refractivity contribution in [1.29, 1.82) is 0 Å². The van der Waals surface area contributed by atoms with Crippen LogP contribution in [0.15, 0.2) is 33.8 Å². The number of esters is 1. The monoisotopic (exact) mass is 365 g/mol. The van der Waals surface area contributed by atoms with E-state index in [9.17, 15) is 4.79 Å². The molecule has 0 saturated carbocycles. The molecule has 138 valence electrons. The van der Waals surface area contributed by atoms with Crippen LogP contribution in [0.2, 0.25) is 0 Å². The summed E-state index contributed by atoms with van der Waals surface area (Å²) in [6.45, 7) is 8.15. The van der Waals surface area contributed by atoms with Crippen molar-refractivity contribution in [2.75, 3.05) is 20.8 Å². The van der Waals surface area contributed by atoms with Crippen molar-refractivity contribution in [1.82, 2.24) is 5.32 Å². The van der Waals surface area contributed by atoms with E-state index in [-0.39, 0.29) is 12.0 Å². The number of carbonyl (C=O) groups excluding carboxylic acids is 1. The number of thiol groups is 1. The standard InChI is InChI=1S/C10H15NO3.C9H12OS/c1-4-13-10(12)8-5-9(14-6-8)7(2)11-3;1-6-4-8(10-3)5-7(2)9(6)11/h5-7,11H,4H2,1-3H3;4-5,11H,1-3H3. The average molecular weight is 365 g/mol. The molecule has 25 heavy (non-hydrogen) atoms. The lowest BCUT2D eigenvalue weighted by Crippen LogP contribution is -2.11. The summed E-state index contributed by atoms with van der Waals surface area (Å²) >= 11 is 4.34. The minimum Gasteiger partial charge on any atom is -0.497 e. The molecule has 1 N–H and O–H groups in total. The number of rotatable bonds is 5. The fourth-order valence-corrected chi connectivity index (χ4v) is 2.21. The molecular formula is C19H27NO4S. The van der Waals surface area contributed by atoms with Crippen LogP contribution in [0.3, 0.4) is 0 Å². The number of aryl methyl sites for hydroxylation is 2. The van der Waals surface area contributed by atoms with Crippen molar-refractivity contribution in [2.45, 2.75) is 38.6 Å². The molecule has 1 atom stereocenters. The van der Waals surface area contributed by atoms with E-state index >= 15 is 0 Å². The first-order valence-electron chi connectivity index (χ1n) is 8.11. The SMILES string of the molecule is CCOC(=O)c1coc(C(C)NC)c1.COc1cc(C)c(S)c(C)c1. The van der Waals surface area contributed by atoms with E-state index in [1.165, 1.54) is 6.26 Å². The molecule has 1 unspecified atom stereocenters. The number of ether oxygens (including phenoxy) is 2. The molecule has 2 aromatic rings. The highest BCUT2D eigenvalue weighted by molar-refractivity contribution is 7.80. The molecule has 1 aromatic carbocycles. The zero-order valence-electron chi connectivity index (χ0n) is 15.7. The fourth-order valence-electron chi connectivity index (χ4n) is 2.08. The highest BCUT2D eigenvalue weighted by Crippen LogP contribution is 2.23. The first-order chi connectivity index (χ1) is 11.8. The second-order valence-electron chi connectivity index (χ2n) is 5.58. The predicted molar refractivity (Wildman–Crippen MR) is 102 cm³/mol. The quantitative estimate of drug-likeness (QED) is 0.610. The van der Waals surface area contributed by atoms with Gasteiger partial charge in [0, 0.05) is 4.90 Å². The van der Waals surface area contributed by atoms with Crippen LogP contribution in [0.25, 0.3) is 0 Å². The number of nitrogens with one attached hydrogen (secondary N) is 1. The first-order valence-corrected chi connectivity index (χ1v) is 8.55. The van der Waals surface area contributed by atoms with Crippen LogP contribution in [0, 0.1) is 13.8 Å². The van der Waals surface area contributed by atoms with Crippen LogP contribution >= 0.6 is 12.6 Å². The van der Waals surface area contributed by atoms with Gasteiger partial charge in [-0.1, -0.05) is 0 Å². The van der Waals surface area contributed by atoms with Gasteiger partial charge in [0.2, 0.25) is 0 Å². The van der Waals surface area contributed by atoms with Crippen molar-refractivity contribution < 1.29 is 18.7 Å². The third-order valence-corrected chi connectivity index (χ3v) is 4.40. The maximum atomic E-state index is 11.3. The van der Waals surface area contributed by atoms with Gasteiger partial charge in [-0.05, 0) is 64.1 Å². The molecule has 5 nitrogen and oxygen atoms in total. The van der Waals surface area contributed by atoms with Crippen LogP contribution < -0.4 is 10.1 Å². The van der Waals surface area contributed by atoms with Crippen LogP contribution in [0.5, 0.6) is 5.75 Å². The van der Waals surface area contributed by atoms with Gasteiger partial charge >= 0.3 is 5.97 Å². The van der Waals surface area contributed by atoms with E-state index in [0.717, 1.165) is 27.5 Å². The Morgan fingerprint density at radius 2 is 1.88 bits per heavy atom. The maximum absolute atomic E-state index is 11.3. The molecule has 0 radical (unpaired) electrons. The summed E-state index contributed by atoms with van der Waals surface area (Å²) in [4.78, 5) is 12.3. The highest BCUT2D eigenvalue weighted by atomic mass is 32.1. The number of hydrogen-bond donors (Lipinski definition) is 2. The fraction of sp³-hybridized carbons (Fsp3) is 0.421. The molecule has 1 aromatic heterocycles. The Bertz CT molecular complexity index is 673. The molecule has 0 amide bonds. The Balaban J connectivity index is 0.000000257. The molecule has 0 aliphatic heterocycles. The van der Waals surface area contributed by atoms with E-state index in [1.54, 1.807) is 20.1 Å². The Morgan fingerprint density at radius 1 is 1.28 bits per heavy atom. The van der Waals surface area contributed by atoms with Crippen molar-refractivity contribution in [3.05, 3.63) is 46.9 Å². The molecule has 0 spiro atoms. The molecular weight excluding hydrogens is 338 g/mol. The van der Waals surface area contributed by atoms with Gasteiger partial charge in [0.05, 0.1) is 25.3 Å². The number of methoxy groups -OCH3 is 1. The van der Waals surface area contributed by atoms with E-state index in [0.29, 0.717) is 12.2 Å². The molecule has 6 heteroatoms. The molecule has 1 heterocycles. The van der Waals surface area contributed by atoms with Gasteiger partial charge in [-0.2, -0.15) is 0 Å². The van der Waals surface area contributed by atoms with Crippen LogP contribution in [0.1, 0.15) is 47.1 Å². The van der Waals surface area contributed by atoms with Gasteiger partial charge in [-0.25, -0.2) is 4.79 Å². The smallest absolute Gasteiger partial charge is 0.341 e.